The van der Waals surface area contributed by atoms with Crippen LogP contribution in [-0.4, -0.2) is 17.8 Å². The standard InChI is InChI=1S/C9H8BrFO2/c10-8-3-6(11)1-5-2-7(4-12)13-9(5)8/h1,3,7,12H,2,4H2. The molecule has 0 bridgehead atoms. The van der Waals surface area contributed by atoms with Crippen molar-refractivity contribution in [3.8, 4) is 5.75 Å². The summed E-state index contributed by atoms with van der Waals surface area (Å²) < 4.78 is 18.9. The van der Waals surface area contributed by atoms with Crippen molar-refractivity contribution in [2.75, 3.05) is 6.61 Å². The highest BCUT2D eigenvalue weighted by molar-refractivity contribution is 9.10. The van der Waals surface area contributed by atoms with E-state index in [1.54, 1.807) is 0 Å². The topological polar surface area (TPSA) is 29.5 Å². The van der Waals surface area contributed by atoms with Gasteiger partial charge in [0.05, 0.1) is 11.1 Å². The summed E-state index contributed by atoms with van der Waals surface area (Å²) in [4.78, 5) is 0. The average molecular weight is 247 g/mol. The van der Waals surface area contributed by atoms with Gasteiger partial charge >= 0.3 is 0 Å². The largest absolute Gasteiger partial charge is 0.486 e. The van der Waals surface area contributed by atoms with Crippen LogP contribution in [0.3, 0.4) is 0 Å². The minimum atomic E-state index is -0.284. The van der Waals surface area contributed by atoms with Crippen LogP contribution in [0.2, 0.25) is 0 Å². The van der Waals surface area contributed by atoms with E-state index in [-0.39, 0.29) is 18.5 Å². The fourth-order valence-electron chi connectivity index (χ4n) is 1.45. The molecule has 2 nitrogen and oxygen atoms in total. The second-order valence-electron chi connectivity index (χ2n) is 3.00. The summed E-state index contributed by atoms with van der Waals surface area (Å²) in [7, 11) is 0. The lowest BCUT2D eigenvalue weighted by Crippen LogP contribution is -2.17. The molecule has 0 saturated heterocycles. The average Bonchev–Trinajstić information content (AvgIpc) is 2.47. The van der Waals surface area contributed by atoms with Crippen molar-refractivity contribution in [1.29, 1.82) is 0 Å². The molecule has 1 aromatic carbocycles. The molecule has 13 heavy (non-hydrogen) atoms. The first-order valence-electron chi connectivity index (χ1n) is 3.96. The van der Waals surface area contributed by atoms with Crippen LogP contribution in [0, 0.1) is 5.82 Å². The molecule has 0 fully saturated rings. The highest BCUT2D eigenvalue weighted by atomic mass is 79.9. The van der Waals surface area contributed by atoms with E-state index in [9.17, 15) is 4.39 Å². The summed E-state index contributed by atoms with van der Waals surface area (Å²) in [6.45, 7) is -0.0389. The number of halogens is 2. The lowest BCUT2D eigenvalue weighted by atomic mass is 10.1. The van der Waals surface area contributed by atoms with Crippen molar-refractivity contribution in [1.82, 2.24) is 0 Å². The summed E-state index contributed by atoms with van der Waals surface area (Å²) in [6.07, 6.45) is 0.343. The van der Waals surface area contributed by atoms with Crippen molar-refractivity contribution in [2.45, 2.75) is 12.5 Å². The van der Waals surface area contributed by atoms with Gasteiger partial charge in [0.15, 0.2) is 0 Å². The maximum absolute atomic E-state index is 12.9. The van der Waals surface area contributed by atoms with E-state index in [1.165, 1.54) is 12.1 Å². The quantitative estimate of drug-likeness (QED) is 0.821. The van der Waals surface area contributed by atoms with E-state index in [1.807, 2.05) is 0 Å². The first-order valence-corrected chi connectivity index (χ1v) is 4.75. The Hall–Kier alpha value is -0.610. The maximum Gasteiger partial charge on any atom is 0.137 e. The highest BCUT2D eigenvalue weighted by Gasteiger charge is 2.24. The first kappa shape index (κ1) is 8.97. The molecule has 1 aromatic rings. The van der Waals surface area contributed by atoms with Crippen LogP contribution in [0.1, 0.15) is 5.56 Å². The second kappa shape index (κ2) is 3.27. The molecule has 0 aromatic heterocycles. The number of hydrogen-bond donors (Lipinski definition) is 1. The zero-order chi connectivity index (χ0) is 9.42. The van der Waals surface area contributed by atoms with Crippen LogP contribution in [0.5, 0.6) is 5.75 Å². The zero-order valence-electron chi connectivity index (χ0n) is 6.76. The molecule has 1 aliphatic heterocycles. The minimum absolute atomic E-state index is 0.0389. The van der Waals surface area contributed by atoms with Gasteiger partial charge in [0, 0.05) is 12.0 Å². The smallest absolute Gasteiger partial charge is 0.137 e. The van der Waals surface area contributed by atoms with Gasteiger partial charge in [-0.15, -0.1) is 0 Å². The molecular weight excluding hydrogens is 239 g/mol. The summed E-state index contributed by atoms with van der Waals surface area (Å²) >= 11 is 3.21. The van der Waals surface area contributed by atoms with Gasteiger partial charge in [-0.2, -0.15) is 0 Å². The molecule has 1 N–H and O–H groups in total. The Morgan fingerprint density at radius 2 is 2.38 bits per heavy atom. The molecule has 1 atom stereocenters. The van der Waals surface area contributed by atoms with Gasteiger partial charge in [0.1, 0.15) is 17.7 Å². The predicted octanol–water partition coefficient (Wildman–Crippen LogP) is 1.88. The van der Waals surface area contributed by atoms with E-state index >= 15 is 0 Å². The van der Waals surface area contributed by atoms with Crippen LogP contribution in [0.25, 0.3) is 0 Å². The van der Waals surface area contributed by atoms with Gasteiger partial charge in [-0.3, -0.25) is 0 Å². The van der Waals surface area contributed by atoms with E-state index < -0.39 is 0 Å². The lowest BCUT2D eigenvalue weighted by Gasteiger charge is -2.06. The van der Waals surface area contributed by atoms with E-state index in [2.05, 4.69) is 15.9 Å². The molecule has 0 spiro atoms. The monoisotopic (exact) mass is 246 g/mol. The Morgan fingerprint density at radius 1 is 1.62 bits per heavy atom. The number of benzene rings is 1. The molecule has 0 aliphatic carbocycles. The Balaban J connectivity index is 2.40. The number of ether oxygens (including phenoxy) is 1. The van der Waals surface area contributed by atoms with E-state index in [4.69, 9.17) is 9.84 Å². The van der Waals surface area contributed by atoms with Gasteiger partial charge in [0.2, 0.25) is 0 Å². The van der Waals surface area contributed by atoms with Crippen LogP contribution >= 0.6 is 15.9 Å². The third-order valence-corrected chi connectivity index (χ3v) is 2.61. The summed E-state index contributed by atoms with van der Waals surface area (Å²) in [5, 5.41) is 8.86. The number of rotatable bonds is 1. The fourth-order valence-corrected chi connectivity index (χ4v) is 2.02. The second-order valence-corrected chi connectivity index (χ2v) is 3.86. The number of aliphatic hydroxyl groups excluding tert-OH is 1. The number of aliphatic hydroxyl groups is 1. The van der Waals surface area contributed by atoms with Gasteiger partial charge in [0.25, 0.3) is 0 Å². The van der Waals surface area contributed by atoms with Crippen molar-refractivity contribution >= 4 is 15.9 Å². The van der Waals surface area contributed by atoms with Crippen LogP contribution in [0.4, 0.5) is 4.39 Å². The molecule has 1 heterocycles. The van der Waals surface area contributed by atoms with Gasteiger partial charge < -0.3 is 9.84 Å². The summed E-state index contributed by atoms with van der Waals surface area (Å²) in [5.41, 5.74) is 0.811. The molecule has 2 rings (SSSR count). The lowest BCUT2D eigenvalue weighted by molar-refractivity contribution is 0.134. The Morgan fingerprint density at radius 3 is 3.08 bits per heavy atom. The third kappa shape index (κ3) is 1.56. The fraction of sp³-hybridized carbons (Fsp3) is 0.333. The minimum Gasteiger partial charge on any atom is -0.486 e. The Labute approximate surface area is 83.5 Å². The molecule has 70 valence electrons. The van der Waals surface area contributed by atoms with Gasteiger partial charge in [-0.05, 0) is 28.1 Å². The molecule has 1 unspecified atom stereocenters. The summed E-state index contributed by atoms with van der Waals surface area (Å²) in [6, 6.07) is 2.80. The Bertz CT molecular complexity index is 341. The first-order chi connectivity index (χ1) is 6.20. The number of fused-ring (bicyclic) bond motifs is 1. The van der Waals surface area contributed by atoms with Gasteiger partial charge in [-0.25, -0.2) is 4.39 Å². The molecular formula is C9H8BrFO2. The molecule has 1 aliphatic rings. The van der Waals surface area contributed by atoms with Crippen molar-refractivity contribution in [3.05, 3.63) is 28.0 Å². The predicted molar refractivity (Wildman–Crippen MR) is 49.3 cm³/mol. The SMILES string of the molecule is OCC1Cc2cc(F)cc(Br)c2O1. The van der Waals surface area contributed by atoms with Crippen molar-refractivity contribution in [2.24, 2.45) is 0 Å². The van der Waals surface area contributed by atoms with Crippen LogP contribution in [0.15, 0.2) is 16.6 Å². The highest BCUT2D eigenvalue weighted by Crippen LogP contribution is 2.36. The molecule has 4 heteroatoms. The third-order valence-electron chi connectivity index (χ3n) is 2.02. The Kier molecular flexibility index (Phi) is 2.26. The van der Waals surface area contributed by atoms with Crippen molar-refractivity contribution < 1.29 is 14.2 Å². The maximum atomic E-state index is 12.9. The molecule has 0 radical (unpaired) electrons. The van der Waals surface area contributed by atoms with E-state index in [0.29, 0.717) is 16.6 Å². The normalized spacial score (nSPS) is 19.8. The number of hydrogen-bond acceptors (Lipinski definition) is 2. The van der Waals surface area contributed by atoms with Crippen LogP contribution in [-0.2, 0) is 6.42 Å². The zero-order valence-corrected chi connectivity index (χ0v) is 8.34. The van der Waals surface area contributed by atoms with Gasteiger partial charge in [-0.1, -0.05) is 0 Å². The molecule has 0 saturated carbocycles. The molecule has 0 amide bonds. The van der Waals surface area contributed by atoms with E-state index in [0.717, 1.165) is 5.56 Å². The van der Waals surface area contributed by atoms with Crippen molar-refractivity contribution in [3.63, 3.8) is 0 Å². The van der Waals surface area contributed by atoms with Crippen LogP contribution < -0.4 is 4.74 Å². The summed E-state index contributed by atoms with van der Waals surface area (Å²) in [5.74, 6) is 0.369.